The van der Waals surface area contributed by atoms with E-state index < -0.39 is 0 Å². The van der Waals surface area contributed by atoms with Crippen molar-refractivity contribution in [1.29, 1.82) is 0 Å². The number of nitrogens with one attached hydrogen (secondary N) is 1. The Labute approximate surface area is 140 Å². The van der Waals surface area contributed by atoms with Gasteiger partial charge in [-0.3, -0.25) is 0 Å². The van der Waals surface area contributed by atoms with Gasteiger partial charge in [0.1, 0.15) is 0 Å². The molecule has 0 spiro atoms. The van der Waals surface area contributed by atoms with Crippen LogP contribution >= 0.6 is 23.2 Å². The fourth-order valence-electron chi connectivity index (χ4n) is 2.89. The number of hydrogen-bond acceptors (Lipinski definition) is 1. The van der Waals surface area contributed by atoms with E-state index in [-0.39, 0.29) is 0 Å². The van der Waals surface area contributed by atoms with Gasteiger partial charge in [0.15, 0.2) is 0 Å². The molecule has 0 aliphatic carbocycles. The van der Waals surface area contributed by atoms with E-state index in [1.165, 1.54) is 32.1 Å². The van der Waals surface area contributed by atoms with Crippen molar-refractivity contribution in [3.8, 4) is 0 Å². The fourth-order valence-corrected chi connectivity index (χ4v) is 3.44. The first kappa shape index (κ1) is 18.8. The molecule has 1 nitrogen and oxygen atoms in total. The Morgan fingerprint density at radius 2 is 1.76 bits per heavy atom. The summed E-state index contributed by atoms with van der Waals surface area (Å²) in [5, 5.41) is 5.18. The van der Waals surface area contributed by atoms with Crippen LogP contribution in [0.4, 0.5) is 0 Å². The summed E-state index contributed by atoms with van der Waals surface area (Å²) in [5.74, 6) is 0.787. The van der Waals surface area contributed by atoms with Crippen LogP contribution in [0, 0.1) is 5.92 Å². The molecule has 0 saturated carbocycles. The minimum Gasteiger partial charge on any atom is -0.314 e. The van der Waals surface area contributed by atoms with Gasteiger partial charge >= 0.3 is 0 Å². The van der Waals surface area contributed by atoms with Crippen LogP contribution in [0.2, 0.25) is 10.0 Å². The predicted octanol–water partition coefficient (Wildman–Crippen LogP) is 6.12. The number of likely N-dealkylation sites (N-methyl/N-ethyl adjacent to an activating group) is 1. The van der Waals surface area contributed by atoms with Crippen LogP contribution < -0.4 is 5.32 Å². The van der Waals surface area contributed by atoms with Crippen molar-refractivity contribution in [2.75, 3.05) is 6.54 Å². The standard InChI is InChI=1S/C18H29Cl2N/c1-4-7-9-14(5-2)12-15(21-6-3)13-16-17(19)10-8-11-18(16)20/h8,10-11,14-15,21H,4-7,9,12-13H2,1-3H3. The Morgan fingerprint density at radius 1 is 1.10 bits per heavy atom. The molecular formula is C18H29Cl2N. The van der Waals surface area contributed by atoms with Crippen LogP contribution in [0.15, 0.2) is 18.2 Å². The Balaban J connectivity index is 2.72. The predicted molar refractivity (Wildman–Crippen MR) is 95.6 cm³/mol. The molecule has 0 heterocycles. The van der Waals surface area contributed by atoms with Crippen molar-refractivity contribution in [1.82, 2.24) is 5.32 Å². The summed E-state index contributed by atoms with van der Waals surface area (Å²) in [7, 11) is 0. The van der Waals surface area contributed by atoms with E-state index in [0.717, 1.165) is 34.5 Å². The largest absolute Gasteiger partial charge is 0.314 e. The highest BCUT2D eigenvalue weighted by molar-refractivity contribution is 6.36. The van der Waals surface area contributed by atoms with Crippen LogP contribution in [0.1, 0.15) is 58.4 Å². The zero-order chi connectivity index (χ0) is 15.7. The number of rotatable bonds is 10. The molecule has 21 heavy (non-hydrogen) atoms. The first-order valence-electron chi connectivity index (χ1n) is 8.28. The van der Waals surface area contributed by atoms with Gasteiger partial charge in [0.05, 0.1) is 0 Å². The van der Waals surface area contributed by atoms with Crippen molar-refractivity contribution in [3.63, 3.8) is 0 Å². The van der Waals surface area contributed by atoms with E-state index >= 15 is 0 Å². The minimum absolute atomic E-state index is 0.453. The van der Waals surface area contributed by atoms with Gasteiger partial charge in [0, 0.05) is 16.1 Å². The smallest absolute Gasteiger partial charge is 0.0453 e. The second-order valence-corrected chi connectivity index (χ2v) is 6.63. The Kier molecular flexibility index (Phi) is 9.39. The highest BCUT2D eigenvalue weighted by atomic mass is 35.5. The molecule has 3 heteroatoms. The molecule has 1 rings (SSSR count). The second-order valence-electron chi connectivity index (χ2n) is 5.81. The molecule has 0 radical (unpaired) electrons. The van der Waals surface area contributed by atoms with Gasteiger partial charge in [-0.25, -0.2) is 0 Å². The maximum Gasteiger partial charge on any atom is 0.0453 e. The summed E-state index contributed by atoms with van der Waals surface area (Å²) in [4.78, 5) is 0. The number of unbranched alkanes of at least 4 members (excludes halogenated alkanes) is 1. The third-order valence-corrected chi connectivity index (χ3v) is 4.87. The molecule has 0 aliphatic rings. The van der Waals surface area contributed by atoms with Gasteiger partial charge in [-0.05, 0) is 43.0 Å². The third kappa shape index (κ3) is 6.59. The molecule has 0 saturated heterocycles. The molecule has 0 aliphatic heterocycles. The molecule has 120 valence electrons. The lowest BCUT2D eigenvalue weighted by atomic mass is 9.89. The van der Waals surface area contributed by atoms with E-state index in [4.69, 9.17) is 23.2 Å². The first-order valence-corrected chi connectivity index (χ1v) is 9.04. The Hall–Kier alpha value is -0.240. The molecular weight excluding hydrogens is 301 g/mol. The van der Waals surface area contributed by atoms with Crippen LogP contribution in [0.5, 0.6) is 0 Å². The lowest BCUT2D eigenvalue weighted by Gasteiger charge is -2.24. The van der Waals surface area contributed by atoms with E-state index in [2.05, 4.69) is 26.1 Å². The van der Waals surface area contributed by atoms with E-state index in [9.17, 15) is 0 Å². The SMILES string of the molecule is CCCCC(CC)CC(Cc1c(Cl)cccc1Cl)NCC. The third-order valence-electron chi connectivity index (χ3n) is 4.17. The van der Waals surface area contributed by atoms with Gasteiger partial charge in [0.2, 0.25) is 0 Å². The summed E-state index contributed by atoms with van der Waals surface area (Å²) in [6, 6.07) is 6.22. The van der Waals surface area contributed by atoms with Gasteiger partial charge in [0.25, 0.3) is 0 Å². The van der Waals surface area contributed by atoms with Crippen molar-refractivity contribution >= 4 is 23.2 Å². The summed E-state index contributed by atoms with van der Waals surface area (Å²) in [6.07, 6.45) is 7.28. The molecule has 0 aromatic heterocycles. The second kappa shape index (κ2) is 10.5. The minimum atomic E-state index is 0.453. The molecule has 1 aromatic carbocycles. The molecule has 0 bridgehead atoms. The van der Waals surface area contributed by atoms with Crippen LogP contribution in [0.25, 0.3) is 0 Å². The highest BCUT2D eigenvalue weighted by Gasteiger charge is 2.17. The van der Waals surface area contributed by atoms with Crippen LogP contribution in [-0.4, -0.2) is 12.6 Å². The van der Waals surface area contributed by atoms with Gasteiger partial charge in [-0.15, -0.1) is 0 Å². The monoisotopic (exact) mass is 329 g/mol. The summed E-state index contributed by atoms with van der Waals surface area (Å²) in [5.41, 5.74) is 1.08. The van der Waals surface area contributed by atoms with Crippen LogP contribution in [0.3, 0.4) is 0 Å². The maximum atomic E-state index is 6.32. The maximum absolute atomic E-state index is 6.32. The molecule has 2 unspecified atom stereocenters. The summed E-state index contributed by atoms with van der Waals surface area (Å²) < 4.78 is 0. The summed E-state index contributed by atoms with van der Waals surface area (Å²) in [6.45, 7) is 7.70. The fraction of sp³-hybridized carbons (Fsp3) is 0.667. The first-order chi connectivity index (χ1) is 10.1. The Morgan fingerprint density at radius 3 is 2.29 bits per heavy atom. The van der Waals surface area contributed by atoms with E-state index in [0.29, 0.717) is 6.04 Å². The average molecular weight is 330 g/mol. The average Bonchev–Trinajstić information content (AvgIpc) is 2.47. The molecule has 0 amide bonds. The van der Waals surface area contributed by atoms with E-state index in [1.807, 2.05) is 18.2 Å². The topological polar surface area (TPSA) is 12.0 Å². The number of benzene rings is 1. The molecule has 2 atom stereocenters. The molecule has 1 aromatic rings. The lowest BCUT2D eigenvalue weighted by Crippen LogP contribution is -2.33. The zero-order valence-electron chi connectivity index (χ0n) is 13.6. The van der Waals surface area contributed by atoms with Crippen molar-refractivity contribution < 1.29 is 0 Å². The quantitative estimate of drug-likeness (QED) is 0.545. The van der Waals surface area contributed by atoms with Crippen molar-refractivity contribution in [2.24, 2.45) is 5.92 Å². The van der Waals surface area contributed by atoms with Crippen LogP contribution in [-0.2, 0) is 6.42 Å². The van der Waals surface area contributed by atoms with E-state index in [1.54, 1.807) is 0 Å². The lowest BCUT2D eigenvalue weighted by molar-refractivity contribution is 0.350. The van der Waals surface area contributed by atoms with Gasteiger partial charge < -0.3 is 5.32 Å². The normalized spacial score (nSPS) is 14.1. The Bertz CT molecular complexity index is 386. The number of hydrogen-bond donors (Lipinski definition) is 1. The zero-order valence-corrected chi connectivity index (χ0v) is 15.1. The summed E-state index contributed by atoms with van der Waals surface area (Å²) >= 11 is 12.6. The van der Waals surface area contributed by atoms with Gasteiger partial charge in [-0.1, -0.05) is 75.7 Å². The molecule has 1 N–H and O–H groups in total. The van der Waals surface area contributed by atoms with Crippen molar-refractivity contribution in [2.45, 2.75) is 65.3 Å². The molecule has 0 fully saturated rings. The van der Waals surface area contributed by atoms with Crippen molar-refractivity contribution in [3.05, 3.63) is 33.8 Å². The number of halogens is 2. The highest BCUT2D eigenvalue weighted by Crippen LogP contribution is 2.28. The van der Waals surface area contributed by atoms with Gasteiger partial charge in [-0.2, -0.15) is 0 Å².